The second kappa shape index (κ2) is 33.8. The van der Waals surface area contributed by atoms with E-state index in [-0.39, 0.29) is 81.6 Å². The van der Waals surface area contributed by atoms with Crippen LogP contribution in [0.5, 0.6) is 0 Å². The van der Waals surface area contributed by atoms with Crippen molar-refractivity contribution in [2.24, 2.45) is 5.41 Å². The largest absolute Gasteiger partial charge is 0.445 e. The molecular weight excluding hydrogens is 1130 g/mol. The van der Waals surface area contributed by atoms with Crippen LogP contribution < -0.4 is 16.0 Å². The molecule has 3 N–H and O–H groups in total. The molecule has 3 aromatic carbocycles. The minimum absolute atomic E-state index is 0.0543. The molecule has 0 radical (unpaired) electrons. The number of amides is 9. The normalized spacial score (nSPS) is 16.4. The number of carbonyl (C=O) groups excluding carboxylic acids is 9. The summed E-state index contributed by atoms with van der Waals surface area (Å²) in [5, 5.41) is 8.61. The standard InChI is InChI=1S/C68H101N9O12/c1-48(72(12)64(85)88-67(6,7)8)59(80)70-55(35-24-40-69-63(84)87-47-52-31-21-16-22-32-52)61(82)76-41-25-33-53(76)45-74(43-38-50-27-17-14-18-28-50)56(78)36-23-37-57(79)75(44-39-51-29-19-15-20-30-51)46-54-34-26-42-77(54)62(83)58(66(3,4)5)71-60(81)49(2)73(13)65(86)89-68(9,10)11/h14-22,27-32,48-49,53-55,58H,23-26,33-47H2,1-13H3,(H,69,84)(H,70,80)(H,71,81)/t48-,49-,53-,54-,55-,58+/m0/s1. The number of nitrogens with zero attached hydrogens (tertiary/aromatic N) is 6. The van der Waals surface area contributed by atoms with Gasteiger partial charge < -0.3 is 49.8 Å². The number of benzene rings is 3. The second-order valence-electron chi connectivity index (χ2n) is 26.7. The van der Waals surface area contributed by atoms with E-state index in [0.717, 1.165) is 16.7 Å². The number of hydrogen-bond acceptors (Lipinski definition) is 12. The van der Waals surface area contributed by atoms with Crippen molar-refractivity contribution < 1.29 is 57.4 Å². The number of alkyl carbamates (subject to hydrolysis) is 1. The Morgan fingerprint density at radius 2 is 0.978 bits per heavy atom. The molecule has 89 heavy (non-hydrogen) atoms. The smallest absolute Gasteiger partial charge is 0.410 e. The van der Waals surface area contributed by atoms with E-state index in [1.54, 1.807) is 75.0 Å². The molecule has 0 aliphatic carbocycles. The second-order valence-corrected chi connectivity index (χ2v) is 26.7. The predicted octanol–water partition coefficient (Wildman–Crippen LogP) is 8.51. The van der Waals surface area contributed by atoms with Gasteiger partial charge in [-0.05, 0) is 135 Å². The van der Waals surface area contributed by atoms with Crippen LogP contribution in [0.3, 0.4) is 0 Å². The number of likely N-dealkylation sites (N-methyl/N-ethyl adjacent to an activating group) is 2. The summed E-state index contributed by atoms with van der Waals surface area (Å²) in [7, 11) is 2.94. The molecular formula is C68H101N9O12. The third kappa shape index (κ3) is 23.6. The van der Waals surface area contributed by atoms with E-state index >= 15 is 0 Å². The van der Waals surface area contributed by atoms with Gasteiger partial charge in [-0.15, -0.1) is 0 Å². The minimum Gasteiger partial charge on any atom is -0.445 e. The van der Waals surface area contributed by atoms with E-state index in [9.17, 15) is 43.2 Å². The van der Waals surface area contributed by atoms with Crippen molar-refractivity contribution in [2.75, 3.05) is 59.9 Å². The highest BCUT2D eigenvalue weighted by molar-refractivity contribution is 5.93. The third-order valence-electron chi connectivity index (χ3n) is 16.1. The van der Waals surface area contributed by atoms with Crippen LogP contribution in [0.15, 0.2) is 91.0 Å². The van der Waals surface area contributed by atoms with Crippen molar-refractivity contribution in [1.29, 1.82) is 0 Å². The van der Waals surface area contributed by atoms with Gasteiger partial charge in [-0.3, -0.25) is 38.6 Å². The summed E-state index contributed by atoms with van der Waals surface area (Å²) in [4.78, 5) is 135. The number of hydrogen-bond donors (Lipinski definition) is 3. The first-order chi connectivity index (χ1) is 41.9. The highest BCUT2D eigenvalue weighted by Crippen LogP contribution is 2.28. The molecule has 0 saturated carbocycles. The summed E-state index contributed by atoms with van der Waals surface area (Å²) in [6.45, 7) is 21.4. The molecule has 5 rings (SSSR count). The lowest BCUT2D eigenvalue weighted by atomic mass is 9.85. The van der Waals surface area contributed by atoms with Gasteiger partial charge in [-0.25, -0.2) is 14.4 Å². The molecule has 9 amide bonds. The first-order valence-electron chi connectivity index (χ1n) is 31.6. The van der Waals surface area contributed by atoms with Crippen molar-refractivity contribution in [3.05, 3.63) is 108 Å². The number of ether oxygens (including phenoxy) is 3. The quantitative estimate of drug-likeness (QED) is 0.0458. The van der Waals surface area contributed by atoms with Crippen LogP contribution >= 0.6 is 0 Å². The van der Waals surface area contributed by atoms with Crippen LogP contribution in [-0.2, 0) is 62.4 Å². The Bertz CT molecular complexity index is 2800. The molecule has 0 unspecified atom stereocenters. The Kier molecular flexibility index (Phi) is 27.3. The summed E-state index contributed by atoms with van der Waals surface area (Å²) in [5.74, 6) is -2.04. The fourth-order valence-corrected chi connectivity index (χ4v) is 10.7. The van der Waals surface area contributed by atoms with Crippen LogP contribution in [0.2, 0.25) is 0 Å². The maximum absolute atomic E-state index is 14.9. The van der Waals surface area contributed by atoms with E-state index in [4.69, 9.17) is 14.2 Å². The Morgan fingerprint density at radius 1 is 0.562 bits per heavy atom. The van der Waals surface area contributed by atoms with Gasteiger partial charge >= 0.3 is 18.3 Å². The Balaban J connectivity index is 1.30. The molecule has 2 fully saturated rings. The molecule has 21 nitrogen and oxygen atoms in total. The molecule has 2 heterocycles. The van der Waals surface area contributed by atoms with E-state index in [1.165, 1.54) is 23.9 Å². The van der Waals surface area contributed by atoms with Gasteiger partial charge in [-0.1, -0.05) is 112 Å². The fourth-order valence-electron chi connectivity index (χ4n) is 10.7. The van der Waals surface area contributed by atoms with Crippen molar-refractivity contribution in [1.82, 2.24) is 45.3 Å². The van der Waals surface area contributed by atoms with Crippen LogP contribution in [0.1, 0.15) is 151 Å². The van der Waals surface area contributed by atoms with Gasteiger partial charge in [0.15, 0.2) is 0 Å². The molecule has 2 saturated heterocycles. The molecule has 2 aliphatic heterocycles. The third-order valence-corrected chi connectivity index (χ3v) is 16.1. The average Bonchev–Trinajstić information content (AvgIpc) is 2.46. The SMILES string of the molecule is C[C@@H](C(=O)N[C@@H](CCCNC(=O)OCc1ccccc1)C(=O)N1CCC[C@H]1CN(CCc1ccccc1)C(=O)CCCC(=O)N(CCc1ccccc1)C[C@@H]1CCCN1C(=O)[C@@H](NC(=O)[C@H](C)N(C)C(=O)OC(C)(C)C)C(C)(C)C)N(C)C(=O)OC(C)(C)C. The molecule has 21 heteroatoms. The van der Waals surface area contributed by atoms with E-state index < -0.39 is 76.9 Å². The molecule has 6 atom stereocenters. The van der Waals surface area contributed by atoms with Crippen molar-refractivity contribution in [3.8, 4) is 0 Å². The van der Waals surface area contributed by atoms with Gasteiger partial charge in [0.2, 0.25) is 35.4 Å². The lowest BCUT2D eigenvalue weighted by Crippen LogP contribution is -2.59. The van der Waals surface area contributed by atoms with Crippen LogP contribution in [0.4, 0.5) is 14.4 Å². The Labute approximate surface area is 528 Å². The van der Waals surface area contributed by atoms with Gasteiger partial charge in [0.05, 0.1) is 0 Å². The maximum Gasteiger partial charge on any atom is 0.410 e. The first kappa shape index (κ1) is 72.0. The van der Waals surface area contributed by atoms with Crippen LogP contribution in [-0.4, -0.2) is 190 Å². The van der Waals surface area contributed by atoms with Crippen LogP contribution in [0, 0.1) is 5.41 Å². The topological polar surface area (TPSA) is 237 Å². The highest BCUT2D eigenvalue weighted by atomic mass is 16.6. The van der Waals surface area contributed by atoms with E-state index in [0.29, 0.717) is 71.1 Å². The number of carbonyl (C=O) groups is 9. The van der Waals surface area contributed by atoms with Crippen molar-refractivity contribution in [3.63, 3.8) is 0 Å². The first-order valence-corrected chi connectivity index (χ1v) is 31.6. The summed E-state index contributed by atoms with van der Waals surface area (Å²) in [6, 6.07) is 24.2. The zero-order valence-corrected chi connectivity index (χ0v) is 55.1. The Morgan fingerprint density at radius 3 is 1.40 bits per heavy atom. The lowest BCUT2D eigenvalue weighted by Gasteiger charge is -2.38. The van der Waals surface area contributed by atoms with Gasteiger partial charge in [-0.2, -0.15) is 0 Å². The molecule has 0 spiro atoms. The monoisotopic (exact) mass is 1240 g/mol. The zero-order valence-electron chi connectivity index (χ0n) is 55.1. The molecule has 0 aromatic heterocycles. The number of nitrogens with one attached hydrogen (secondary N) is 3. The van der Waals surface area contributed by atoms with Crippen molar-refractivity contribution >= 4 is 53.7 Å². The zero-order chi connectivity index (χ0) is 65.6. The Hall–Kier alpha value is -7.71. The molecule has 490 valence electrons. The summed E-state index contributed by atoms with van der Waals surface area (Å²) in [6.07, 6.45) is 2.49. The van der Waals surface area contributed by atoms with E-state index in [1.807, 2.05) is 112 Å². The summed E-state index contributed by atoms with van der Waals surface area (Å²) < 4.78 is 16.4. The maximum atomic E-state index is 14.9. The number of likely N-dealkylation sites (tertiary alicyclic amines) is 2. The van der Waals surface area contributed by atoms with Gasteiger partial charge in [0, 0.05) is 84.8 Å². The van der Waals surface area contributed by atoms with Gasteiger partial charge in [0.1, 0.15) is 42.0 Å². The van der Waals surface area contributed by atoms with Crippen molar-refractivity contribution in [2.45, 2.75) is 201 Å². The number of rotatable bonds is 28. The fraction of sp³-hybridized carbons (Fsp3) is 0.603. The van der Waals surface area contributed by atoms with E-state index in [2.05, 4.69) is 16.0 Å². The summed E-state index contributed by atoms with van der Waals surface area (Å²) in [5.41, 5.74) is 0.583. The molecule has 3 aromatic rings. The highest BCUT2D eigenvalue weighted by Gasteiger charge is 2.42. The minimum atomic E-state index is -1.05. The van der Waals surface area contributed by atoms with Gasteiger partial charge in [0.25, 0.3) is 0 Å². The lowest BCUT2D eigenvalue weighted by molar-refractivity contribution is -0.142. The summed E-state index contributed by atoms with van der Waals surface area (Å²) >= 11 is 0. The molecule has 0 bridgehead atoms. The predicted molar refractivity (Wildman–Crippen MR) is 341 cm³/mol. The molecule has 2 aliphatic rings. The average molecular weight is 1240 g/mol. The van der Waals surface area contributed by atoms with Crippen LogP contribution in [0.25, 0.3) is 0 Å².